The van der Waals surface area contributed by atoms with E-state index in [9.17, 15) is 9.59 Å². The summed E-state index contributed by atoms with van der Waals surface area (Å²) in [6.45, 7) is 11.1. The zero-order valence-corrected chi connectivity index (χ0v) is 22.4. The summed E-state index contributed by atoms with van der Waals surface area (Å²) >= 11 is 3.49. The van der Waals surface area contributed by atoms with Crippen LogP contribution in [-0.2, 0) is 9.59 Å². The van der Waals surface area contributed by atoms with Crippen LogP contribution in [0.4, 0.5) is 0 Å². The first-order chi connectivity index (χ1) is 16.2. The minimum atomic E-state index is -0.653. The standard InChI is InChI=1S/C27H39BrN4O2/c1-27(2,3)29-26(34)25(22-11-13-23(28)14-12-22)32(21-20-31-17-7-8-18-31)24(33)10-9-19-30-15-5-4-6-16-30/h4-6,11-15,25H,7-10,16-21H2,1-3H3,(H,29,34). The number of likely N-dealkylation sites (tertiary alicyclic amines) is 1. The van der Waals surface area contributed by atoms with Crippen LogP contribution in [0.25, 0.3) is 0 Å². The van der Waals surface area contributed by atoms with Gasteiger partial charge in [-0.15, -0.1) is 0 Å². The fourth-order valence-corrected chi connectivity index (χ4v) is 4.72. The van der Waals surface area contributed by atoms with Crippen molar-refractivity contribution in [3.05, 3.63) is 58.7 Å². The molecule has 7 heteroatoms. The van der Waals surface area contributed by atoms with Crippen molar-refractivity contribution in [3.8, 4) is 0 Å². The number of allylic oxidation sites excluding steroid dienone is 2. The van der Waals surface area contributed by atoms with Crippen molar-refractivity contribution in [3.63, 3.8) is 0 Å². The van der Waals surface area contributed by atoms with Crippen LogP contribution in [0.1, 0.15) is 58.1 Å². The van der Waals surface area contributed by atoms with E-state index in [-0.39, 0.29) is 17.4 Å². The Morgan fingerprint density at radius 1 is 1.09 bits per heavy atom. The molecule has 0 aliphatic carbocycles. The molecule has 34 heavy (non-hydrogen) atoms. The second-order valence-corrected chi connectivity index (χ2v) is 11.1. The number of carbonyl (C=O) groups is 2. The van der Waals surface area contributed by atoms with Gasteiger partial charge in [0.15, 0.2) is 0 Å². The van der Waals surface area contributed by atoms with Crippen LogP contribution >= 0.6 is 15.9 Å². The molecule has 1 atom stereocenters. The Morgan fingerprint density at radius 2 is 1.79 bits per heavy atom. The Hall–Kier alpha value is -2.12. The maximum absolute atomic E-state index is 13.6. The van der Waals surface area contributed by atoms with E-state index in [1.165, 1.54) is 12.8 Å². The van der Waals surface area contributed by atoms with Crippen LogP contribution in [-0.4, -0.2) is 71.3 Å². The van der Waals surface area contributed by atoms with Gasteiger partial charge in [-0.05, 0) is 83.1 Å². The highest BCUT2D eigenvalue weighted by Crippen LogP contribution is 2.26. The molecule has 0 aromatic heterocycles. The van der Waals surface area contributed by atoms with Crippen LogP contribution in [0.5, 0.6) is 0 Å². The molecule has 0 radical (unpaired) electrons. The largest absolute Gasteiger partial charge is 0.374 e. The molecule has 1 saturated heterocycles. The second kappa shape index (κ2) is 12.5. The summed E-state index contributed by atoms with van der Waals surface area (Å²) in [4.78, 5) is 33.6. The van der Waals surface area contributed by atoms with Gasteiger partial charge in [0.1, 0.15) is 6.04 Å². The number of nitrogens with zero attached hydrogens (tertiary/aromatic N) is 3. The van der Waals surface area contributed by atoms with E-state index in [1.807, 2.05) is 62.1 Å². The second-order valence-electron chi connectivity index (χ2n) is 10.2. The number of amides is 2. The lowest BCUT2D eigenvalue weighted by molar-refractivity contribution is -0.141. The fourth-order valence-electron chi connectivity index (χ4n) is 4.46. The van der Waals surface area contributed by atoms with Crippen molar-refractivity contribution >= 4 is 27.7 Å². The third-order valence-corrected chi connectivity index (χ3v) is 6.67. The molecule has 2 heterocycles. The molecule has 0 spiro atoms. The van der Waals surface area contributed by atoms with E-state index < -0.39 is 6.04 Å². The Bertz CT molecular complexity index is 870. The first-order valence-electron chi connectivity index (χ1n) is 12.4. The lowest BCUT2D eigenvalue weighted by atomic mass is 10.0. The first-order valence-corrected chi connectivity index (χ1v) is 13.2. The van der Waals surface area contributed by atoms with Gasteiger partial charge in [-0.25, -0.2) is 0 Å². The number of hydrogen-bond donors (Lipinski definition) is 1. The van der Waals surface area contributed by atoms with Gasteiger partial charge in [0, 0.05) is 42.6 Å². The average Bonchev–Trinajstić information content (AvgIpc) is 3.30. The van der Waals surface area contributed by atoms with Crippen LogP contribution in [0.3, 0.4) is 0 Å². The zero-order chi connectivity index (χ0) is 24.6. The molecular formula is C27H39BrN4O2. The molecule has 1 aromatic rings. The molecule has 2 aliphatic heterocycles. The minimum Gasteiger partial charge on any atom is -0.374 e. The lowest BCUT2D eigenvalue weighted by Crippen LogP contribution is -2.50. The van der Waals surface area contributed by atoms with E-state index in [4.69, 9.17) is 0 Å². The van der Waals surface area contributed by atoms with Crippen LogP contribution in [0, 0.1) is 0 Å². The molecule has 1 aromatic carbocycles. The summed E-state index contributed by atoms with van der Waals surface area (Å²) in [6.07, 6.45) is 11.8. The molecular weight excluding hydrogens is 492 g/mol. The molecule has 1 unspecified atom stereocenters. The summed E-state index contributed by atoms with van der Waals surface area (Å²) in [5.74, 6) is -0.0959. The predicted octanol–water partition coefficient (Wildman–Crippen LogP) is 4.50. The fraction of sp³-hybridized carbons (Fsp3) is 0.556. The summed E-state index contributed by atoms with van der Waals surface area (Å²) < 4.78 is 0.949. The molecule has 6 nitrogen and oxygen atoms in total. The third-order valence-electron chi connectivity index (χ3n) is 6.14. The number of nitrogens with one attached hydrogen (secondary N) is 1. The van der Waals surface area contributed by atoms with E-state index in [1.54, 1.807) is 0 Å². The van der Waals surface area contributed by atoms with E-state index in [0.29, 0.717) is 13.0 Å². The van der Waals surface area contributed by atoms with Crippen molar-refractivity contribution in [1.29, 1.82) is 0 Å². The van der Waals surface area contributed by atoms with Crippen molar-refractivity contribution in [2.45, 2.75) is 58.0 Å². The number of benzene rings is 1. The highest BCUT2D eigenvalue weighted by molar-refractivity contribution is 9.10. The normalized spacial score (nSPS) is 17.1. The summed E-state index contributed by atoms with van der Waals surface area (Å²) in [6, 6.07) is 7.11. The zero-order valence-electron chi connectivity index (χ0n) is 20.8. The SMILES string of the molecule is CC(C)(C)NC(=O)C(c1ccc(Br)cc1)N(CCN1CCCC1)C(=O)CCCN1C=CC=CC1. The topological polar surface area (TPSA) is 55.9 Å². The number of rotatable bonds is 10. The maximum atomic E-state index is 13.6. The minimum absolute atomic E-state index is 0.0349. The summed E-state index contributed by atoms with van der Waals surface area (Å²) in [5, 5.41) is 3.12. The van der Waals surface area contributed by atoms with Crippen molar-refractivity contribution in [1.82, 2.24) is 20.0 Å². The number of halogens is 1. The van der Waals surface area contributed by atoms with Gasteiger partial charge in [0.2, 0.25) is 11.8 Å². The van der Waals surface area contributed by atoms with E-state index in [0.717, 1.165) is 49.2 Å². The first kappa shape index (κ1) is 26.5. The van der Waals surface area contributed by atoms with Crippen molar-refractivity contribution in [2.75, 3.05) is 39.3 Å². The Balaban J connectivity index is 1.79. The average molecular weight is 532 g/mol. The monoisotopic (exact) mass is 530 g/mol. The van der Waals surface area contributed by atoms with Gasteiger partial charge >= 0.3 is 0 Å². The quantitative estimate of drug-likeness (QED) is 0.484. The van der Waals surface area contributed by atoms with Crippen LogP contribution in [0.2, 0.25) is 0 Å². The lowest BCUT2D eigenvalue weighted by Gasteiger charge is -2.35. The maximum Gasteiger partial charge on any atom is 0.247 e. The molecule has 2 aliphatic rings. The Kier molecular flexibility index (Phi) is 9.77. The van der Waals surface area contributed by atoms with Crippen LogP contribution in [0.15, 0.2) is 53.2 Å². The van der Waals surface area contributed by atoms with Gasteiger partial charge in [-0.3, -0.25) is 9.59 Å². The molecule has 186 valence electrons. The van der Waals surface area contributed by atoms with Crippen molar-refractivity contribution in [2.24, 2.45) is 0 Å². The highest BCUT2D eigenvalue weighted by atomic mass is 79.9. The third kappa shape index (κ3) is 8.27. The molecule has 0 saturated carbocycles. The number of hydrogen-bond acceptors (Lipinski definition) is 4. The summed E-state index contributed by atoms with van der Waals surface area (Å²) in [7, 11) is 0. The molecule has 2 amide bonds. The number of carbonyl (C=O) groups excluding carboxylic acids is 2. The van der Waals surface area contributed by atoms with Crippen molar-refractivity contribution < 1.29 is 9.59 Å². The molecule has 1 fully saturated rings. The van der Waals surface area contributed by atoms with Gasteiger partial charge in [0.25, 0.3) is 0 Å². The van der Waals surface area contributed by atoms with Gasteiger partial charge in [-0.1, -0.05) is 40.2 Å². The summed E-state index contributed by atoms with van der Waals surface area (Å²) in [5.41, 5.74) is 0.450. The smallest absolute Gasteiger partial charge is 0.247 e. The molecule has 1 N–H and O–H groups in total. The highest BCUT2D eigenvalue weighted by Gasteiger charge is 2.33. The van der Waals surface area contributed by atoms with Crippen LogP contribution < -0.4 is 5.32 Å². The molecule has 0 bridgehead atoms. The predicted molar refractivity (Wildman–Crippen MR) is 141 cm³/mol. The van der Waals surface area contributed by atoms with Gasteiger partial charge in [0.05, 0.1) is 0 Å². The van der Waals surface area contributed by atoms with Gasteiger partial charge < -0.3 is 20.0 Å². The Labute approximate surface area is 213 Å². The van der Waals surface area contributed by atoms with Gasteiger partial charge in [-0.2, -0.15) is 0 Å². The van der Waals surface area contributed by atoms with E-state index in [2.05, 4.69) is 43.3 Å². The van der Waals surface area contributed by atoms with E-state index >= 15 is 0 Å². The molecule has 3 rings (SSSR count). The Morgan fingerprint density at radius 3 is 2.41 bits per heavy atom.